The molecule has 6 heteroatoms. The summed E-state index contributed by atoms with van der Waals surface area (Å²) in [6.45, 7) is 7.48. The van der Waals surface area contributed by atoms with Crippen LogP contribution in [0.15, 0.2) is 24.3 Å². The number of nitrogens with zero attached hydrogens (tertiary/aromatic N) is 2. The quantitative estimate of drug-likeness (QED) is 0.668. The van der Waals surface area contributed by atoms with Crippen LogP contribution in [0, 0.1) is 0 Å². The van der Waals surface area contributed by atoms with Crippen molar-refractivity contribution in [2.24, 2.45) is 0 Å². The number of halogens is 1. The minimum absolute atomic E-state index is 0.184. The van der Waals surface area contributed by atoms with Crippen LogP contribution in [0.5, 0.6) is 5.75 Å². The molecular weight excluding hydrogens is 328 g/mol. The third-order valence-corrected chi connectivity index (χ3v) is 4.35. The molecule has 24 heavy (non-hydrogen) atoms. The molecule has 0 aromatic heterocycles. The van der Waals surface area contributed by atoms with Gasteiger partial charge in [-0.05, 0) is 57.0 Å². The van der Waals surface area contributed by atoms with Gasteiger partial charge < -0.3 is 14.4 Å². The molecule has 0 aliphatic carbocycles. The number of amides is 1. The second-order valence-corrected chi connectivity index (χ2v) is 6.33. The van der Waals surface area contributed by atoms with Gasteiger partial charge in [0.2, 0.25) is 0 Å². The molecule has 1 aliphatic heterocycles. The van der Waals surface area contributed by atoms with Gasteiger partial charge in [-0.3, -0.25) is 4.90 Å². The topological polar surface area (TPSA) is 42.0 Å². The fourth-order valence-electron chi connectivity index (χ4n) is 2.70. The zero-order valence-corrected chi connectivity index (χ0v) is 15.1. The molecule has 0 N–H and O–H groups in total. The zero-order valence-electron chi connectivity index (χ0n) is 14.4. The molecule has 1 fully saturated rings. The molecule has 134 valence electrons. The first-order chi connectivity index (χ1) is 11.7. The summed E-state index contributed by atoms with van der Waals surface area (Å²) in [5, 5.41) is 0.727. The predicted octanol–water partition coefficient (Wildman–Crippen LogP) is 3.66. The molecule has 2 rings (SSSR count). The Balaban J connectivity index is 1.49. The molecule has 1 amide bonds. The smallest absolute Gasteiger partial charge is 0.409 e. The Bertz CT molecular complexity index is 488. The van der Waals surface area contributed by atoms with Crippen LogP contribution < -0.4 is 4.74 Å². The molecule has 0 bridgehead atoms. The Kier molecular flexibility index (Phi) is 8.19. The Labute approximate surface area is 149 Å². The molecule has 0 radical (unpaired) electrons. The molecule has 0 spiro atoms. The number of carbonyl (C=O) groups excluding carboxylic acids is 1. The summed E-state index contributed by atoms with van der Waals surface area (Å²) in [7, 11) is 0. The van der Waals surface area contributed by atoms with Crippen LogP contribution in [0.2, 0.25) is 5.02 Å². The van der Waals surface area contributed by atoms with E-state index in [1.807, 2.05) is 31.2 Å². The van der Waals surface area contributed by atoms with E-state index in [9.17, 15) is 4.79 Å². The summed E-state index contributed by atoms with van der Waals surface area (Å²) < 4.78 is 10.7. The average molecular weight is 355 g/mol. The summed E-state index contributed by atoms with van der Waals surface area (Å²) in [5.74, 6) is 0.870. The highest BCUT2D eigenvalue weighted by atomic mass is 35.5. The average Bonchev–Trinajstić information content (AvgIpc) is 2.60. The Morgan fingerprint density at radius 2 is 1.79 bits per heavy atom. The van der Waals surface area contributed by atoms with E-state index in [2.05, 4.69) is 4.90 Å². The van der Waals surface area contributed by atoms with Gasteiger partial charge in [0.15, 0.2) is 0 Å². The van der Waals surface area contributed by atoms with Gasteiger partial charge in [0.25, 0.3) is 0 Å². The second-order valence-electron chi connectivity index (χ2n) is 5.89. The lowest BCUT2D eigenvalue weighted by atomic mass is 10.2. The van der Waals surface area contributed by atoms with E-state index in [1.54, 1.807) is 4.90 Å². The fourth-order valence-corrected chi connectivity index (χ4v) is 2.83. The van der Waals surface area contributed by atoms with Gasteiger partial charge in [0.1, 0.15) is 5.75 Å². The SMILES string of the molecule is CCOC(=O)N1CCN(CCCCCOc2ccc(Cl)cc2)CC1. The molecule has 1 aliphatic rings. The van der Waals surface area contributed by atoms with Gasteiger partial charge >= 0.3 is 6.09 Å². The van der Waals surface area contributed by atoms with Crippen molar-refractivity contribution in [3.05, 3.63) is 29.3 Å². The maximum absolute atomic E-state index is 11.6. The molecule has 1 aromatic carbocycles. The highest BCUT2D eigenvalue weighted by Gasteiger charge is 2.21. The molecule has 1 saturated heterocycles. The Hall–Kier alpha value is -1.46. The number of benzene rings is 1. The fraction of sp³-hybridized carbons (Fsp3) is 0.611. The summed E-state index contributed by atoms with van der Waals surface area (Å²) in [4.78, 5) is 15.8. The number of carbonyl (C=O) groups is 1. The van der Waals surface area contributed by atoms with Gasteiger partial charge in [0, 0.05) is 31.2 Å². The summed E-state index contributed by atoms with van der Waals surface area (Å²) in [6, 6.07) is 7.47. The largest absolute Gasteiger partial charge is 0.494 e. The summed E-state index contributed by atoms with van der Waals surface area (Å²) in [6.07, 6.45) is 3.16. The van der Waals surface area contributed by atoms with Crippen molar-refractivity contribution in [3.63, 3.8) is 0 Å². The number of rotatable bonds is 8. The van der Waals surface area contributed by atoms with Gasteiger partial charge in [-0.2, -0.15) is 0 Å². The Morgan fingerprint density at radius 3 is 2.46 bits per heavy atom. The van der Waals surface area contributed by atoms with Crippen LogP contribution in [0.3, 0.4) is 0 Å². The lowest BCUT2D eigenvalue weighted by Gasteiger charge is -2.34. The van der Waals surface area contributed by atoms with Gasteiger partial charge in [-0.1, -0.05) is 11.6 Å². The molecular formula is C18H27ClN2O3. The number of unbranched alkanes of at least 4 members (excludes halogenated alkanes) is 2. The maximum Gasteiger partial charge on any atom is 0.409 e. The van der Waals surface area contributed by atoms with Crippen molar-refractivity contribution in [1.82, 2.24) is 9.80 Å². The molecule has 0 unspecified atom stereocenters. The third-order valence-electron chi connectivity index (χ3n) is 4.10. The van der Waals surface area contributed by atoms with Crippen molar-refractivity contribution in [1.29, 1.82) is 0 Å². The molecule has 1 heterocycles. The number of hydrogen-bond donors (Lipinski definition) is 0. The molecule has 5 nitrogen and oxygen atoms in total. The minimum Gasteiger partial charge on any atom is -0.494 e. The second kappa shape index (κ2) is 10.4. The molecule has 0 saturated carbocycles. The van der Waals surface area contributed by atoms with Crippen LogP contribution in [-0.2, 0) is 4.74 Å². The van der Waals surface area contributed by atoms with Gasteiger partial charge in [0.05, 0.1) is 13.2 Å². The van der Waals surface area contributed by atoms with Crippen molar-refractivity contribution in [3.8, 4) is 5.75 Å². The minimum atomic E-state index is -0.184. The first-order valence-electron chi connectivity index (χ1n) is 8.71. The van der Waals surface area contributed by atoms with Gasteiger partial charge in [-0.25, -0.2) is 4.79 Å². The predicted molar refractivity (Wildman–Crippen MR) is 95.8 cm³/mol. The van der Waals surface area contributed by atoms with Crippen molar-refractivity contribution in [2.75, 3.05) is 45.9 Å². The first kappa shape index (κ1) is 18.9. The van der Waals surface area contributed by atoms with Crippen molar-refractivity contribution in [2.45, 2.75) is 26.2 Å². The normalized spacial score (nSPS) is 15.3. The highest BCUT2D eigenvalue weighted by Crippen LogP contribution is 2.16. The highest BCUT2D eigenvalue weighted by molar-refractivity contribution is 6.30. The van der Waals surface area contributed by atoms with E-state index < -0.39 is 0 Å². The van der Waals surface area contributed by atoms with Gasteiger partial charge in [-0.15, -0.1) is 0 Å². The van der Waals surface area contributed by atoms with E-state index in [0.717, 1.165) is 69.4 Å². The Morgan fingerprint density at radius 1 is 1.08 bits per heavy atom. The van der Waals surface area contributed by atoms with E-state index in [4.69, 9.17) is 21.1 Å². The van der Waals surface area contributed by atoms with Crippen molar-refractivity contribution < 1.29 is 14.3 Å². The van der Waals surface area contributed by atoms with Crippen LogP contribution >= 0.6 is 11.6 Å². The van der Waals surface area contributed by atoms with Crippen LogP contribution in [-0.4, -0.2) is 61.8 Å². The standard InChI is InChI=1S/C18H27ClN2O3/c1-2-23-18(22)21-13-11-20(12-14-21)10-4-3-5-15-24-17-8-6-16(19)7-9-17/h6-9H,2-5,10-15H2,1H3. The van der Waals surface area contributed by atoms with E-state index in [-0.39, 0.29) is 6.09 Å². The summed E-state index contributed by atoms with van der Waals surface area (Å²) in [5.41, 5.74) is 0. The van der Waals surface area contributed by atoms with Crippen molar-refractivity contribution >= 4 is 17.7 Å². The van der Waals surface area contributed by atoms with E-state index >= 15 is 0 Å². The van der Waals surface area contributed by atoms with Crippen LogP contribution in [0.1, 0.15) is 26.2 Å². The summed E-state index contributed by atoms with van der Waals surface area (Å²) >= 11 is 5.84. The van der Waals surface area contributed by atoms with Crippen LogP contribution in [0.4, 0.5) is 4.79 Å². The maximum atomic E-state index is 11.6. The number of piperazine rings is 1. The van der Waals surface area contributed by atoms with Crippen LogP contribution in [0.25, 0.3) is 0 Å². The molecule has 0 atom stereocenters. The molecule has 1 aromatic rings. The third kappa shape index (κ3) is 6.57. The monoisotopic (exact) mass is 354 g/mol. The van der Waals surface area contributed by atoms with E-state index in [1.165, 1.54) is 0 Å². The lowest BCUT2D eigenvalue weighted by Crippen LogP contribution is -2.49. The number of ether oxygens (including phenoxy) is 2. The lowest BCUT2D eigenvalue weighted by molar-refractivity contribution is 0.0791. The van der Waals surface area contributed by atoms with E-state index in [0.29, 0.717) is 6.61 Å². The number of hydrogen-bond acceptors (Lipinski definition) is 4. The zero-order chi connectivity index (χ0) is 17.2. The first-order valence-corrected chi connectivity index (χ1v) is 9.09.